The van der Waals surface area contributed by atoms with Gasteiger partial charge in [-0.1, -0.05) is 11.8 Å². The molecule has 1 N–H and O–H groups in total. The number of hydrogen-bond acceptors (Lipinski definition) is 8. The van der Waals surface area contributed by atoms with Crippen LogP contribution in [0, 0.1) is 6.04 Å². The normalized spacial score (nSPS) is 17.9. The summed E-state index contributed by atoms with van der Waals surface area (Å²) in [6.07, 6.45) is 0. The molecule has 3 heterocycles. The molecule has 1 unspecified atom stereocenters. The minimum absolute atomic E-state index is 0. The van der Waals surface area contributed by atoms with Crippen LogP contribution in [0.4, 0.5) is 8.78 Å². The van der Waals surface area contributed by atoms with Crippen molar-refractivity contribution in [3.63, 3.8) is 0 Å². The molecule has 1 aromatic rings. The molecule has 1 fully saturated rings. The molecule has 2 aliphatic heterocycles. The quantitative estimate of drug-likeness (QED) is 0.255. The van der Waals surface area contributed by atoms with Gasteiger partial charge in [-0.15, -0.1) is 11.8 Å². The van der Waals surface area contributed by atoms with E-state index in [1.807, 2.05) is 6.92 Å². The van der Waals surface area contributed by atoms with Crippen LogP contribution in [-0.4, -0.2) is 60.6 Å². The van der Waals surface area contributed by atoms with Crippen molar-refractivity contribution in [2.75, 3.05) is 17.3 Å². The first-order chi connectivity index (χ1) is 12.0. The molecule has 1 saturated heterocycles. The van der Waals surface area contributed by atoms with Gasteiger partial charge in [0.25, 0.3) is 5.76 Å². The Kier molecular flexibility index (Phi) is 15.0. The minimum atomic E-state index is -2.62. The van der Waals surface area contributed by atoms with Gasteiger partial charge in [0.2, 0.25) is 5.91 Å². The monoisotopic (exact) mass is 673 g/mol. The van der Waals surface area contributed by atoms with Gasteiger partial charge in [0, 0.05) is 115 Å². The summed E-state index contributed by atoms with van der Waals surface area (Å²) >= 11 is 3.10. The summed E-state index contributed by atoms with van der Waals surface area (Å²) in [5.41, 5.74) is 1.89. The molecule has 0 saturated carbocycles. The summed E-state index contributed by atoms with van der Waals surface area (Å²) in [6, 6.07) is 0.253. The molecule has 0 spiro atoms. The molecule has 0 bridgehead atoms. The second kappa shape index (κ2) is 14.1. The first kappa shape index (κ1) is 29.8. The van der Waals surface area contributed by atoms with E-state index in [9.17, 15) is 18.4 Å². The van der Waals surface area contributed by atoms with Gasteiger partial charge in [-0.25, -0.2) is 0 Å². The summed E-state index contributed by atoms with van der Waals surface area (Å²) in [5, 5.41) is 16.9. The van der Waals surface area contributed by atoms with Crippen LogP contribution in [0.1, 0.15) is 6.92 Å². The molecule has 0 aliphatic carbocycles. The number of thioether (sulfide) groups is 3. The Morgan fingerprint density at radius 2 is 2.18 bits per heavy atom. The number of fused-ring (bicyclic) bond motifs is 1. The number of alkyl halides is 2. The molecule has 28 heavy (non-hydrogen) atoms. The molecule has 8 nitrogen and oxygen atoms in total. The largest absolute Gasteiger partial charge is 0.476 e. The third-order valence-electron chi connectivity index (χ3n) is 3.51. The molecule has 145 valence electrons. The average Bonchev–Trinajstić information content (AvgIpc) is 3.09. The molecular formula is C12H12F2N6O2S3Y3-2. The molecule has 1 atom stereocenters. The number of β-lactam (4-membered cyclic amide) rings is 1. The molecule has 3 radical (unpaired) electrons. The zero-order valence-electron chi connectivity index (χ0n) is 14.5. The van der Waals surface area contributed by atoms with E-state index in [2.05, 4.69) is 25.9 Å². The number of carbonyl (C=O) groups is 2. The van der Waals surface area contributed by atoms with Gasteiger partial charge in [0.15, 0.2) is 0 Å². The second-order valence-corrected chi connectivity index (χ2v) is 8.00. The van der Waals surface area contributed by atoms with Gasteiger partial charge < -0.3 is 20.1 Å². The topological polar surface area (TPSA) is 102 Å². The van der Waals surface area contributed by atoms with Crippen LogP contribution >= 0.6 is 35.3 Å². The van der Waals surface area contributed by atoms with Gasteiger partial charge >= 0.3 is 0 Å². The number of rotatable bonds is 7. The van der Waals surface area contributed by atoms with Crippen LogP contribution in [-0.2, 0) is 108 Å². The SMILES string of the molecule is CC1=C(CSc2nnn[n-]2)CSC2[C-](NC(=O)CSC(F)F)C(=O)N12.[Y].[Y].[Y]. The molecule has 16 heteroatoms. The van der Waals surface area contributed by atoms with Crippen LogP contribution in [0.15, 0.2) is 16.4 Å². The number of amides is 2. The van der Waals surface area contributed by atoms with E-state index in [1.165, 1.54) is 23.5 Å². The Morgan fingerprint density at radius 1 is 1.46 bits per heavy atom. The first-order valence-electron chi connectivity index (χ1n) is 6.99. The van der Waals surface area contributed by atoms with Crippen molar-refractivity contribution in [1.82, 2.24) is 30.8 Å². The molecule has 0 aromatic carbocycles. The molecule has 1 aromatic heterocycles. The van der Waals surface area contributed by atoms with Gasteiger partial charge in [-0.2, -0.15) is 31.8 Å². The molecule has 2 aliphatic rings. The Morgan fingerprint density at radius 3 is 2.79 bits per heavy atom. The zero-order valence-corrected chi connectivity index (χ0v) is 25.5. The maximum Gasteiger partial charge on any atom is 0.285 e. The number of halogens is 2. The van der Waals surface area contributed by atoms with Crippen molar-refractivity contribution in [1.29, 1.82) is 0 Å². The Balaban J connectivity index is 0.00000243. The van der Waals surface area contributed by atoms with Crippen LogP contribution < -0.4 is 10.4 Å². The maximum atomic E-state index is 12.3. The van der Waals surface area contributed by atoms with Gasteiger partial charge in [-0.3, -0.25) is 15.1 Å². The maximum absolute atomic E-state index is 12.3. The summed E-state index contributed by atoms with van der Waals surface area (Å²) in [7, 11) is 0. The second-order valence-electron chi connectivity index (χ2n) is 5.01. The summed E-state index contributed by atoms with van der Waals surface area (Å²) in [4.78, 5) is 25.5. The standard InChI is InChI=1S/C12H13F2N6O2S3.3Y/c1-5-6(3-25-12-16-18-19-17-12)2-23-10-8(9(22)20(5)10)15-7(21)4-24-11(13)14;;;/h10-11H,2-4H2,1H3,(H2,15,16,17,18,19,21);;;/q-1;;;/p-1. The number of nitrogens with one attached hydrogen (secondary N) is 1. The summed E-state index contributed by atoms with van der Waals surface area (Å²) < 4.78 is 24.2. The number of nitrogens with zero attached hydrogens (tertiary/aromatic N) is 5. The fraction of sp³-hybridized carbons (Fsp3) is 0.500. The van der Waals surface area contributed by atoms with Crippen molar-refractivity contribution < 1.29 is 116 Å². The number of tetrazole rings is 1. The van der Waals surface area contributed by atoms with E-state index in [1.54, 1.807) is 4.90 Å². The predicted octanol–water partition coefficient (Wildman–Crippen LogP) is 0.706. The smallest absolute Gasteiger partial charge is 0.285 e. The fourth-order valence-corrected chi connectivity index (χ4v) is 4.96. The number of carbonyl (C=O) groups excluding carboxylic acids is 2. The van der Waals surface area contributed by atoms with Crippen LogP contribution in [0.5, 0.6) is 0 Å². The van der Waals surface area contributed by atoms with E-state index in [0.717, 1.165) is 11.3 Å². The van der Waals surface area contributed by atoms with E-state index >= 15 is 0 Å². The fourth-order valence-electron chi connectivity index (χ4n) is 2.28. The molecular weight excluding hydrogens is 661 g/mol. The first-order valence-corrected chi connectivity index (χ1v) is 10.1. The van der Waals surface area contributed by atoms with Crippen molar-refractivity contribution >= 4 is 47.1 Å². The Hall–Kier alpha value is 1.84. The Bertz CT molecular complexity index is 700. The third-order valence-corrected chi connectivity index (χ3v) is 6.38. The van der Waals surface area contributed by atoms with E-state index < -0.39 is 11.7 Å². The third kappa shape index (κ3) is 7.46. The summed E-state index contributed by atoms with van der Waals surface area (Å²) in [5.74, 6) is -2.61. The van der Waals surface area contributed by atoms with Crippen LogP contribution in [0.2, 0.25) is 0 Å². The van der Waals surface area contributed by atoms with Gasteiger partial charge in [-0.05, 0) is 17.9 Å². The van der Waals surface area contributed by atoms with Crippen LogP contribution in [0.25, 0.3) is 0 Å². The zero-order chi connectivity index (χ0) is 18.0. The Labute approximate surface area is 248 Å². The van der Waals surface area contributed by atoms with Crippen molar-refractivity contribution in [2.45, 2.75) is 23.2 Å². The van der Waals surface area contributed by atoms with E-state index in [0.29, 0.717) is 16.7 Å². The summed E-state index contributed by atoms with van der Waals surface area (Å²) in [6.45, 7) is 1.84. The van der Waals surface area contributed by atoms with Gasteiger partial charge in [0.05, 0.1) is 10.9 Å². The van der Waals surface area contributed by atoms with E-state index in [-0.39, 0.29) is 133 Å². The number of aromatic nitrogens is 4. The number of allylic oxidation sites excluding steroid dienone is 1. The van der Waals surface area contributed by atoms with Crippen molar-refractivity contribution in [2.24, 2.45) is 0 Å². The van der Waals surface area contributed by atoms with Crippen molar-refractivity contribution in [3.05, 3.63) is 17.3 Å². The van der Waals surface area contributed by atoms with E-state index in [4.69, 9.17) is 0 Å². The van der Waals surface area contributed by atoms with Gasteiger partial charge in [0.1, 0.15) is 5.91 Å². The number of hydrogen-bond donors (Lipinski definition) is 1. The van der Waals surface area contributed by atoms with Crippen molar-refractivity contribution in [3.8, 4) is 0 Å². The van der Waals surface area contributed by atoms with Crippen LogP contribution in [0.3, 0.4) is 0 Å². The molecule has 2 amide bonds. The molecule has 3 rings (SSSR count). The average molecular weight is 673 g/mol. The predicted molar refractivity (Wildman–Crippen MR) is 89.5 cm³/mol. The minimum Gasteiger partial charge on any atom is -0.476 e.